The van der Waals surface area contributed by atoms with Crippen LogP contribution in [0, 0.1) is 0 Å². The maximum atomic E-state index is 12.1. The molecular weight excluding hydrogens is 366 g/mol. The maximum Gasteiger partial charge on any atom is 0.407 e. The molecule has 0 aromatic carbocycles. The first-order chi connectivity index (χ1) is 13.7. The number of amides is 1. The summed E-state index contributed by atoms with van der Waals surface area (Å²) in [4.78, 5) is 28.2. The molecule has 2 aromatic heterocycles. The first-order valence-corrected chi connectivity index (χ1v) is 10.3. The van der Waals surface area contributed by atoms with Gasteiger partial charge in [0.1, 0.15) is 17.1 Å². The summed E-state index contributed by atoms with van der Waals surface area (Å²) >= 11 is 0. The molecule has 29 heavy (non-hydrogen) atoms. The Balaban J connectivity index is 1.73. The summed E-state index contributed by atoms with van der Waals surface area (Å²) in [6.45, 7) is 10.7. The van der Waals surface area contributed by atoms with Crippen LogP contribution in [0.1, 0.15) is 53.2 Å². The van der Waals surface area contributed by atoms with Crippen molar-refractivity contribution in [3.05, 3.63) is 36.2 Å². The van der Waals surface area contributed by atoms with Gasteiger partial charge in [0.15, 0.2) is 5.82 Å². The highest BCUT2D eigenvalue weighted by atomic mass is 16.6. The van der Waals surface area contributed by atoms with E-state index < -0.39 is 5.60 Å². The van der Waals surface area contributed by atoms with Crippen molar-refractivity contribution in [3.8, 4) is 11.5 Å². The average Bonchev–Trinajstić information content (AvgIpc) is 2.67. The lowest BCUT2D eigenvalue weighted by molar-refractivity contribution is 0.0494. The van der Waals surface area contributed by atoms with E-state index in [1.807, 2.05) is 39.0 Å². The molecular formula is C22H31N5O2. The van der Waals surface area contributed by atoms with E-state index in [-0.39, 0.29) is 18.2 Å². The number of aryl methyl sites for hydroxylation is 1. The average molecular weight is 398 g/mol. The summed E-state index contributed by atoms with van der Waals surface area (Å²) < 4.78 is 5.39. The highest BCUT2D eigenvalue weighted by Gasteiger charge is 2.29. The Bertz CT molecular complexity index is 835. The Labute approximate surface area is 172 Å². The van der Waals surface area contributed by atoms with Crippen LogP contribution in [0.25, 0.3) is 11.5 Å². The second kappa shape index (κ2) is 8.76. The van der Waals surface area contributed by atoms with Gasteiger partial charge in [0.2, 0.25) is 0 Å². The third-order valence-corrected chi connectivity index (χ3v) is 4.91. The number of anilines is 1. The molecule has 0 spiro atoms. The molecule has 0 saturated carbocycles. The predicted octanol–water partition coefficient (Wildman–Crippen LogP) is 3.98. The molecule has 0 radical (unpaired) electrons. The van der Waals surface area contributed by atoms with E-state index in [0.717, 1.165) is 43.0 Å². The Morgan fingerprint density at radius 2 is 2.10 bits per heavy atom. The highest BCUT2D eigenvalue weighted by molar-refractivity contribution is 5.68. The normalized spacial score (nSPS) is 19.7. The molecule has 1 amide bonds. The second-order valence-electron chi connectivity index (χ2n) is 8.52. The standard InChI is InChI=1S/C22H31N5O2/c1-6-16-14-19(26-20(24-16)18-9-7-8-11-23-18)27-12-10-17(13-15(27)2)25-21(28)29-22(3,4)5/h7-9,11,14-15,17H,6,10,12-13H2,1-5H3,(H,25,28). The Morgan fingerprint density at radius 1 is 1.31 bits per heavy atom. The van der Waals surface area contributed by atoms with Gasteiger partial charge in [0.25, 0.3) is 0 Å². The van der Waals surface area contributed by atoms with Crippen LogP contribution in [-0.4, -0.2) is 45.3 Å². The lowest BCUT2D eigenvalue weighted by atomic mass is 9.98. The quantitative estimate of drug-likeness (QED) is 0.840. The number of carbonyl (C=O) groups excluding carboxylic acids is 1. The van der Waals surface area contributed by atoms with Crippen molar-refractivity contribution in [1.82, 2.24) is 20.3 Å². The summed E-state index contributed by atoms with van der Waals surface area (Å²) in [7, 11) is 0. The maximum absolute atomic E-state index is 12.1. The van der Waals surface area contributed by atoms with E-state index in [1.54, 1.807) is 6.20 Å². The number of aromatic nitrogens is 3. The minimum atomic E-state index is -0.490. The molecule has 3 heterocycles. The number of hydrogen-bond donors (Lipinski definition) is 1. The molecule has 0 aliphatic carbocycles. The zero-order valence-electron chi connectivity index (χ0n) is 18.0. The number of alkyl carbamates (subject to hydrolysis) is 1. The first-order valence-electron chi connectivity index (χ1n) is 10.3. The van der Waals surface area contributed by atoms with Gasteiger partial charge in [-0.05, 0) is 59.1 Å². The van der Waals surface area contributed by atoms with Gasteiger partial charge in [-0.25, -0.2) is 14.8 Å². The van der Waals surface area contributed by atoms with Gasteiger partial charge in [0.05, 0.1) is 0 Å². The van der Waals surface area contributed by atoms with E-state index in [9.17, 15) is 4.79 Å². The third-order valence-electron chi connectivity index (χ3n) is 4.91. The molecule has 156 valence electrons. The number of nitrogens with one attached hydrogen (secondary N) is 1. The van der Waals surface area contributed by atoms with Gasteiger partial charge < -0.3 is 15.0 Å². The molecule has 7 heteroatoms. The fourth-order valence-corrected chi connectivity index (χ4v) is 3.54. The minimum absolute atomic E-state index is 0.0962. The van der Waals surface area contributed by atoms with E-state index >= 15 is 0 Å². The molecule has 7 nitrogen and oxygen atoms in total. The molecule has 2 aromatic rings. The van der Waals surface area contributed by atoms with Crippen molar-refractivity contribution < 1.29 is 9.53 Å². The molecule has 3 rings (SSSR count). The summed E-state index contributed by atoms with van der Waals surface area (Å²) in [5, 5.41) is 3.01. The summed E-state index contributed by atoms with van der Waals surface area (Å²) in [6.07, 6.45) is 3.92. The van der Waals surface area contributed by atoms with Crippen molar-refractivity contribution in [2.45, 2.75) is 71.6 Å². The second-order valence-corrected chi connectivity index (χ2v) is 8.52. The Hall–Kier alpha value is -2.70. The number of pyridine rings is 1. The number of piperidine rings is 1. The van der Waals surface area contributed by atoms with Crippen LogP contribution in [0.4, 0.5) is 10.6 Å². The van der Waals surface area contributed by atoms with Gasteiger partial charge in [-0.3, -0.25) is 4.98 Å². The number of hydrogen-bond acceptors (Lipinski definition) is 6. The highest BCUT2D eigenvalue weighted by Crippen LogP contribution is 2.26. The molecule has 0 bridgehead atoms. The van der Waals surface area contributed by atoms with Gasteiger partial charge in [-0.1, -0.05) is 13.0 Å². The summed E-state index contributed by atoms with van der Waals surface area (Å²) in [5.41, 5.74) is 1.28. The van der Waals surface area contributed by atoms with Gasteiger partial charge in [-0.2, -0.15) is 0 Å². The number of ether oxygens (including phenoxy) is 1. The van der Waals surface area contributed by atoms with Gasteiger partial charge >= 0.3 is 6.09 Å². The minimum Gasteiger partial charge on any atom is -0.444 e. The van der Waals surface area contributed by atoms with Crippen molar-refractivity contribution >= 4 is 11.9 Å². The third kappa shape index (κ3) is 5.65. The van der Waals surface area contributed by atoms with Crippen LogP contribution in [-0.2, 0) is 11.2 Å². The van der Waals surface area contributed by atoms with Gasteiger partial charge in [-0.15, -0.1) is 0 Å². The van der Waals surface area contributed by atoms with E-state index in [0.29, 0.717) is 5.82 Å². The van der Waals surface area contributed by atoms with E-state index in [1.165, 1.54) is 0 Å². The summed E-state index contributed by atoms with van der Waals surface area (Å²) in [6, 6.07) is 8.15. The lowest BCUT2D eigenvalue weighted by Gasteiger charge is -2.39. The van der Waals surface area contributed by atoms with E-state index in [2.05, 4.69) is 40.1 Å². The van der Waals surface area contributed by atoms with Crippen molar-refractivity contribution in [2.75, 3.05) is 11.4 Å². The Kier molecular flexibility index (Phi) is 6.35. The van der Waals surface area contributed by atoms with E-state index in [4.69, 9.17) is 9.72 Å². The van der Waals surface area contributed by atoms with Crippen LogP contribution >= 0.6 is 0 Å². The zero-order chi connectivity index (χ0) is 21.0. The molecule has 1 fully saturated rings. The number of carbonyl (C=O) groups is 1. The topological polar surface area (TPSA) is 80.2 Å². The van der Waals surface area contributed by atoms with Gasteiger partial charge in [0, 0.05) is 36.6 Å². The SMILES string of the molecule is CCc1cc(N2CCC(NC(=O)OC(C)(C)C)CC2C)nc(-c2ccccn2)n1. The van der Waals surface area contributed by atoms with Crippen LogP contribution in [0.5, 0.6) is 0 Å². The molecule has 2 unspecified atom stereocenters. The summed E-state index contributed by atoms with van der Waals surface area (Å²) in [5.74, 6) is 1.57. The largest absolute Gasteiger partial charge is 0.444 e. The van der Waals surface area contributed by atoms with Crippen LogP contribution < -0.4 is 10.2 Å². The fraction of sp³-hybridized carbons (Fsp3) is 0.545. The van der Waals surface area contributed by atoms with Crippen molar-refractivity contribution in [1.29, 1.82) is 0 Å². The number of nitrogens with zero attached hydrogens (tertiary/aromatic N) is 4. The fourth-order valence-electron chi connectivity index (χ4n) is 3.54. The molecule has 1 aliphatic rings. The monoisotopic (exact) mass is 397 g/mol. The number of rotatable bonds is 4. The molecule has 2 atom stereocenters. The molecule has 1 saturated heterocycles. The Morgan fingerprint density at radius 3 is 2.72 bits per heavy atom. The van der Waals surface area contributed by atoms with Crippen molar-refractivity contribution in [3.63, 3.8) is 0 Å². The molecule has 1 N–H and O–H groups in total. The van der Waals surface area contributed by atoms with Crippen molar-refractivity contribution in [2.24, 2.45) is 0 Å². The lowest BCUT2D eigenvalue weighted by Crippen LogP contribution is -2.50. The predicted molar refractivity (Wildman–Crippen MR) is 114 cm³/mol. The van der Waals surface area contributed by atoms with Crippen LogP contribution in [0.15, 0.2) is 30.5 Å². The molecule has 1 aliphatic heterocycles. The first kappa shape index (κ1) is 21.0. The van der Waals surface area contributed by atoms with Crippen LogP contribution in [0.3, 0.4) is 0 Å². The van der Waals surface area contributed by atoms with Crippen LogP contribution in [0.2, 0.25) is 0 Å². The zero-order valence-corrected chi connectivity index (χ0v) is 18.0. The smallest absolute Gasteiger partial charge is 0.407 e.